The molecular formula is C47H31NOS. The van der Waals surface area contributed by atoms with Crippen molar-refractivity contribution in [3.05, 3.63) is 210 Å². The molecule has 0 N–H and O–H groups in total. The van der Waals surface area contributed by atoms with Crippen LogP contribution >= 0.6 is 11.8 Å². The van der Waals surface area contributed by atoms with Gasteiger partial charge in [-0.3, -0.25) is 0 Å². The highest BCUT2D eigenvalue weighted by molar-refractivity contribution is 7.99. The van der Waals surface area contributed by atoms with E-state index in [9.17, 15) is 0 Å². The van der Waals surface area contributed by atoms with E-state index >= 15 is 0 Å². The molecule has 0 saturated carbocycles. The van der Waals surface area contributed by atoms with Crippen molar-refractivity contribution < 1.29 is 4.74 Å². The number of rotatable bonds is 4. The summed E-state index contributed by atoms with van der Waals surface area (Å²) in [5.41, 5.74) is 10.00. The minimum atomic E-state index is -0.556. The third-order valence-corrected chi connectivity index (χ3v) is 11.3. The van der Waals surface area contributed by atoms with E-state index in [4.69, 9.17) is 4.74 Å². The molecule has 3 heteroatoms. The minimum absolute atomic E-state index is 0.556. The zero-order valence-corrected chi connectivity index (χ0v) is 28.0. The van der Waals surface area contributed by atoms with E-state index in [1.165, 1.54) is 42.8 Å². The van der Waals surface area contributed by atoms with Crippen molar-refractivity contribution >= 4 is 39.6 Å². The Morgan fingerprint density at radius 3 is 1.78 bits per heavy atom. The van der Waals surface area contributed by atoms with Crippen molar-refractivity contribution in [2.75, 3.05) is 4.90 Å². The molecule has 0 radical (unpaired) electrons. The first-order chi connectivity index (χ1) is 24.8. The SMILES string of the molecule is c1ccc(N(c2ccc(-c3cccc4ccccc34)cc2)c2ccc3c(c2)C2(c4ccccc4O3)c3ccccc3Sc3ccccc32)cc1. The zero-order chi connectivity index (χ0) is 33.1. The molecule has 2 nitrogen and oxygen atoms in total. The van der Waals surface area contributed by atoms with Gasteiger partial charge in [0.25, 0.3) is 0 Å². The predicted octanol–water partition coefficient (Wildman–Crippen LogP) is 12.9. The Morgan fingerprint density at radius 1 is 0.420 bits per heavy atom. The quantitative estimate of drug-likeness (QED) is 0.187. The first-order valence-corrected chi connectivity index (χ1v) is 17.8. The largest absolute Gasteiger partial charge is 0.457 e. The molecule has 0 fully saturated rings. The molecule has 1 spiro atoms. The fourth-order valence-electron chi connectivity index (χ4n) is 8.03. The van der Waals surface area contributed by atoms with Gasteiger partial charge in [0, 0.05) is 38.0 Å². The standard InChI is InChI=1S/C47H31NOS/c1-2-15-34(16-3-1)48(35-27-25-33(26-28-35)38-18-12-14-32-13-4-5-17-37(32)38)36-29-30-44-42(31-36)47(39-19-6-9-22-43(39)49-44)40-20-7-10-23-45(40)50-46-24-11-8-21-41(46)47/h1-31H. The van der Waals surface area contributed by atoms with Gasteiger partial charge in [-0.05, 0) is 93.7 Å². The van der Waals surface area contributed by atoms with Crippen LogP contribution in [0, 0.1) is 0 Å². The Bertz CT molecular complexity index is 2450. The molecule has 10 rings (SSSR count). The second kappa shape index (κ2) is 11.5. The van der Waals surface area contributed by atoms with Crippen LogP contribution in [0.3, 0.4) is 0 Å². The second-order valence-corrected chi connectivity index (χ2v) is 14.0. The number of para-hydroxylation sites is 2. The Kier molecular flexibility index (Phi) is 6.68. The van der Waals surface area contributed by atoms with Crippen LogP contribution in [0.4, 0.5) is 17.1 Å². The summed E-state index contributed by atoms with van der Waals surface area (Å²) in [6.45, 7) is 0. The fourth-order valence-corrected chi connectivity index (χ4v) is 9.23. The summed E-state index contributed by atoms with van der Waals surface area (Å²) in [5, 5.41) is 2.50. The lowest BCUT2D eigenvalue weighted by Crippen LogP contribution is -2.36. The van der Waals surface area contributed by atoms with Gasteiger partial charge in [0.05, 0.1) is 5.41 Å². The highest BCUT2D eigenvalue weighted by Crippen LogP contribution is 2.62. The van der Waals surface area contributed by atoms with E-state index in [0.717, 1.165) is 39.7 Å². The first kappa shape index (κ1) is 28.9. The van der Waals surface area contributed by atoms with Gasteiger partial charge in [0.1, 0.15) is 11.5 Å². The van der Waals surface area contributed by atoms with E-state index in [1.54, 1.807) is 0 Å². The summed E-state index contributed by atoms with van der Waals surface area (Å²) < 4.78 is 6.76. The van der Waals surface area contributed by atoms with Gasteiger partial charge in [0.15, 0.2) is 0 Å². The second-order valence-electron chi connectivity index (χ2n) is 12.9. The Labute approximate surface area is 296 Å². The molecule has 2 aliphatic rings. The molecule has 0 amide bonds. The number of hydrogen-bond donors (Lipinski definition) is 0. The molecular weight excluding hydrogens is 627 g/mol. The van der Waals surface area contributed by atoms with Crippen molar-refractivity contribution in [1.82, 2.24) is 0 Å². The fraction of sp³-hybridized carbons (Fsp3) is 0.0213. The summed E-state index contributed by atoms with van der Waals surface area (Å²) in [5.74, 6) is 1.77. The van der Waals surface area contributed by atoms with Crippen LogP contribution in [0.2, 0.25) is 0 Å². The molecule has 2 heterocycles. The number of nitrogens with zero attached hydrogens (tertiary/aromatic N) is 1. The van der Waals surface area contributed by atoms with Crippen LogP contribution in [0.1, 0.15) is 22.3 Å². The molecule has 8 aromatic rings. The van der Waals surface area contributed by atoms with Crippen molar-refractivity contribution in [3.8, 4) is 22.6 Å². The summed E-state index contributed by atoms with van der Waals surface area (Å²) in [6, 6.07) is 67.8. The average Bonchev–Trinajstić information content (AvgIpc) is 3.18. The molecule has 0 aromatic heterocycles. The molecule has 0 aliphatic carbocycles. The number of hydrogen-bond acceptors (Lipinski definition) is 3. The maximum absolute atomic E-state index is 6.76. The van der Waals surface area contributed by atoms with Crippen LogP contribution in [-0.4, -0.2) is 0 Å². The highest BCUT2D eigenvalue weighted by Gasteiger charge is 2.49. The van der Waals surface area contributed by atoms with Crippen molar-refractivity contribution in [2.24, 2.45) is 0 Å². The van der Waals surface area contributed by atoms with Crippen molar-refractivity contribution in [1.29, 1.82) is 0 Å². The molecule has 8 aromatic carbocycles. The maximum atomic E-state index is 6.76. The molecule has 0 atom stereocenters. The molecule has 0 bridgehead atoms. The molecule has 50 heavy (non-hydrogen) atoms. The smallest absolute Gasteiger partial charge is 0.132 e. The van der Waals surface area contributed by atoms with Crippen LogP contribution < -0.4 is 9.64 Å². The maximum Gasteiger partial charge on any atom is 0.132 e. The monoisotopic (exact) mass is 657 g/mol. The van der Waals surface area contributed by atoms with Gasteiger partial charge in [0.2, 0.25) is 0 Å². The molecule has 2 aliphatic heterocycles. The highest BCUT2D eigenvalue weighted by atomic mass is 32.2. The number of fused-ring (bicyclic) bond motifs is 9. The Balaban J connectivity index is 1.19. The lowest BCUT2D eigenvalue weighted by molar-refractivity contribution is 0.431. The van der Waals surface area contributed by atoms with E-state index in [2.05, 4.69) is 193 Å². The van der Waals surface area contributed by atoms with E-state index in [1.807, 2.05) is 11.8 Å². The number of ether oxygens (including phenoxy) is 1. The van der Waals surface area contributed by atoms with Gasteiger partial charge in [-0.2, -0.15) is 0 Å². The first-order valence-electron chi connectivity index (χ1n) is 17.0. The summed E-state index contributed by atoms with van der Waals surface area (Å²) in [6.07, 6.45) is 0. The van der Waals surface area contributed by atoms with E-state index in [0.29, 0.717) is 0 Å². The minimum Gasteiger partial charge on any atom is -0.457 e. The van der Waals surface area contributed by atoms with Crippen LogP contribution in [0.25, 0.3) is 21.9 Å². The lowest BCUT2D eigenvalue weighted by atomic mass is 9.63. The van der Waals surface area contributed by atoms with E-state index in [-0.39, 0.29) is 0 Å². The van der Waals surface area contributed by atoms with E-state index < -0.39 is 5.41 Å². The molecule has 0 unspecified atom stereocenters. The van der Waals surface area contributed by atoms with Gasteiger partial charge < -0.3 is 9.64 Å². The summed E-state index contributed by atoms with van der Waals surface area (Å²) in [4.78, 5) is 4.89. The third-order valence-electron chi connectivity index (χ3n) is 10.2. The summed E-state index contributed by atoms with van der Waals surface area (Å²) >= 11 is 1.85. The zero-order valence-electron chi connectivity index (χ0n) is 27.2. The Hall–Kier alpha value is -6.03. The predicted molar refractivity (Wildman–Crippen MR) is 207 cm³/mol. The van der Waals surface area contributed by atoms with Crippen molar-refractivity contribution in [3.63, 3.8) is 0 Å². The topological polar surface area (TPSA) is 12.5 Å². The van der Waals surface area contributed by atoms with Gasteiger partial charge in [-0.1, -0.05) is 139 Å². The molecule has 236 valence electrons. The number of anilines is 3. The molecule has 0 saturated heterocycles. The normalized spacial score (nSPS) is 13.4. The van der Waals surface area contributed by atoms with Gasteiger partial charge in [-0.15, -0.1) is 0 Å². The Morgan fingerprint density at radius 2 is 1.00 bits per heavy atom. The van der Waals surface area contributed by atoms with Gasteiger partial charge >= 0.3 is 0 Å². The van der Waals surface area contributed by atoms with Crippen LogP contribution in [-0.2, 0) is 5.41 Å². The van der Waals surface area contributed by atoms with Crippen LogP contribution in [0.5, 0.6) is 11.5 Å². The number of benzene rings is 8. The van der Waals surface area contributed by atoms with Crippen LogP contribution in [0.15, 0.2) is 198 Å². The van der Waals surface area contributed by atoms with Gasteiger partial charge in [-0.25, -0.2) is 0 Å². The summed E-state index contributed by atoms with van der Waals surface area (Å²) in [7, 11) is 0. The van der Waals surface area contributed by atoms with Crippen molar-refractivity contribution in [2.45, 2.75) is 15.2 Å². The third kappa shape index (κ3) is 4.37. The lowest BCUT2D eigenvalue weighted by Gasteiger charge is -2.45. The average molecular weight is 658 g/mol.